The number of carbonyl (C=O) groups excluding carboxylic acids is 2. The van der Waals surface area contributed by atoms with Crippen LogP contribution >= 0.6 is 21.4 Å². The summed E-state index contributed by atoms with van der Waals surface area (Å²) in [7, 11) is 4.57. The van der Waals surface area contributed by atoms with Gasteiger partial charge in [-0.15, -0.1) is 9.24 Å². The van der Waals surface area contributed by atoms with Crippen molar-refractivity contribution in [3.63, 3.8) is 0 Å². The van der Waals surface area contributed by atoms with Gasteiger partial charge in [0.1, 0.15) is 12.3 Å². The molecule has 1 unspecified atom stereocenters. The van der Waals surface area contributed by atoms with E-state index in [4.69, 9.17) is 14.5 Å². The minimum absolute atomic E-state index is 0.0215. The molecule has 3 rings (SSSR count). The lowest BCUT2D eigenvalue weighted by atomic mass is 9.77. The van der Waals surface area contributed by atoms with Crippen LogP contribution in [0, 0.1) is 11.8 Å². The molecule has 0 bridgehead atoms. The monoisotopic (exact) mass is 663 g/mol. The molecule has 252 valence electrons. The van der Waals surface area contributed by atoms with Gasteiger partial charge in [-0.3, -0.25) is 14.6 Å². The molecule has 0 spiro atoms. The number of nitrogens with zero attached hydrogens (tertiary/aromatic N) is 2. The van der Waals surface area contributed by atoms with Gasteiger partial charge in [0.15, 0.2) is 5.78 Å². The van der Waals surface area contributed by atoms with Crippen LogP contribution in [0.4, 0.5) is 3.89 Å². The molecular weight excluding hydrogens is 608 g/mol. The summed E-state index contributed by atoms with van der Waals surface area (Å²) in [5, 5.41) is 4.45. The lowest BCUT2D eigenvalue weighted by molar-refractivity contribution is -0.151. The third kappa shape index (κ3) is 12.7. The molecular formula is C35H55FN3O4PS. The Kier molecular flexibility index (Phi) is 17.3. The maximum absolute atomic E-state index is 13.5. The summed E-state index contributed by atoms with van der Waals surface area (Å²) in [4.78, 5) is 32.9. The SMILES string of the molecule is CC(=O)OC(C)(C)C.CCC/C(=C(\C(=O)C(C)C)C1=C(C)c2c(cnc(CC3=CC(OC)=NCN3)c2P)CC1)C(C)C.CSF. The molecule has 1 aliphatic carbocycles. The number of hydrogen-bond donors (Lipinski definition) is 1. The Hall–Kier alpha value is -2.51. The summed E-state index contributed by atoms with van der Waals surface area (Å²) in [6, 6.07) is 0. The number of esters is 1. The summed E-state index contributed by atoms with van der Waals surface area (Å²) in [6.45, 7) is 20.3. The summed E-state index contributed by atoms with van der Waals surface area (Å²) < 4.78 is 20.3. The van der Waals surface area contributed by atoms with E-state index in [0.717, 1.165) is 48.0 Å². The topological polar surface area (TPSA) is 89.9 Å². The van der Waals surface area contributed by atoms with Crippen LogP contribution < -0.4 is 10.6 Å². The number of pyridine rings is 1. The minimum Gasteiger partial charge on any atom is -0.481 e. The summed E-state index contributed by atoms with van der Waals surface area (Å²) in [6.07, 6.45) is 9.82. The summed E-state index contributed by atoms with van der Waals surface area (Å²) >= 11 is 0.250. The van der Waals surface area contributed by atoms with E-state index in [2.05, 4.69) is 47.2 Å². The second kappa shape index (κ2) is 19.2. The van der Waals surface area contributed by atoms with Crippen molar-refractivity contribution in [1.29, 1.82) is 0 Å². The van der Waals surface area contributed by atoms with Crippen LogP contribution in [0.25, 0.3) is 5.57 Å². The van der Waals surface area contributed by atoms with Crippen LogP contribution in [0.5, 0.6) is 0 Å². The Balaban J connectivity index is 0.000000790. The normalized spacial score (nSPS) is 14.9. The van der Waals surface area contributed by atoms with Crippen LogP contribution in [-0.2, 0) is 31.9 Å². The maximum atomic E-state index is 13.5. The summed E-state index contributed by atoms with van der Waals surface area (Å²) in [5.41, 5.74) is 8.98. The Morgan fingerprint density at radius 1 is 1.16 bits per heavy atom. The highest BCUT2D eigenvalue weighted by molar-refractivity contribution is 7.93. The van der Waals surface area contributed by atoms with E-state index in [1.807, 2.05) is 46.9 Å². The van der Waals surface area contributed by atoms with E-state index >= 15 is 0 Å². The smallest absolute Gasteiger partial charge is 0.303 e. The van der Waals surface area contributed by atoms with Crippen LogP contribution in [0.1, 0.15) is 105 Å². The number of aliphatic imine (C=N–C) groups is 1. The predicted molar refractivity (Wildman–Crippen MR) is 191 cm³/mol. The first-order chi connectivity index (χ1) is 21.0. The number of nitrogens with one attached hydrogen (secondary N) is 1. The number of methoxy groups -OCH3 is 1. The molecule has 1 aliphatic heterocycles. The van der Waals surface area contributed by atoms with Gasteiger partial charge in [0.25, 0.3) is 0 Å². The number of hydrogen-bond acceptors (Lipinski definition) is 8. The molecule has 0 amide bonds. The van der Waals surface area contributed by atoms with Crippen molar-refractivity contribution in [2.24, 2.45) is 16.8 Å². The molecule has 0 saturated heterocycles. The number of fused-ring (bicyclic) bond motifs is 1. The Morgan fingerprint density at radius 2 is 1.78 bits per heavy atom. The molecule has 45 heavy (non-hydrogen) atoms. The lowest BCUT2D eigenvalue weighted by Gasteiger charge is -2.28. The highest BCUT2D eigenvalue weighted by atomic mass is 32.2. The van der Waals surface area contributed by atoms with Crippen molar-refractivity contribution in [1.82, 2.24) is 10.3 Å². The Bertz CT molecular complexity index is 1310. The second-order valence-corrected chi connectivity index (χ2v) is 13.6. The number of halogens is 1. The number of ketones is 1. The molecule has 10 heteroatoms. The zero-order valence-corrected chi connectivity index (χ0v) is 31.4. The molecule has 0 saturated carbocycles. The molecule has 1 aromatic rings. The number of Topliss-reactive ketones (excluding diaryl/α,β-unsaturated/α-hetero) is 1. The van der Waals surface area contributed by atoms with Crippen molar-refractivity contribution in [2.75, 3.05) is 20.0 Å². The fraction of sp³-hybridized carbons (Fsp3) is 0.600. The molecule has 1 aromatic heterocycles. The van der Waals surface area contributed by atoms with Crippen molar-refractivity contribution in [3.05, 3.63) is 51.5 Å². The first kappa shape index (κ1) is 40.5. The average Bonchev–Trinajstić information content (AvgIpc) is 2.94. The van der Waals surface area contributed by atoms with Crippen LogP contribution in [0.2, 0.25) is 0 Å². The van der Waals surface area contributed by atoms with Crippen LogP contribution in [0.3, 0.4) is 0 Å². The van der Waals surface area contributed by atoms with Crippen LogP contribution in [-0.4, -0.2) is 48.3 Å². The molecule has 7 nitrogen and oxygen atoms in total. The van der Waals surface area contributed by atoms with E-state index in [0.29, 0.717) is 24.9 Å². The Labute approximate surface area is 277 Å². The fourth-order valence-corrected chi connectivity index (χ4v) is 5.94. The molecule has 0 aromatic carbocycles. The molecule has 2 heterocycles. The van der Waals surface area contributed by atoms with E-state index in [1.165, 1.54) is 41.0 Å². The highest BCUT2D eigenvalue weighted by Crippen LogP contribution is 2.39. The van der Waals surface area contributed by atoms with Crippen molar-refractivity contribution < 1.29 is 22.9 Å². The third-order valence-electron chi connectivity index (χ3n) is 7.22. The fourth-order valence-electron chi connectivity index (χ4n) is 5.37. The minimum atomic E-state index is -0.328. The molecule has 0 radical (unpaired) electrons. The number of carbonyl (C=O) groups is 2. The molecule has 2 aliphatic rings. The van der Waals surface area contributed by atoms with Gasteiger partial charge in [-0.25, -0.2) is 4.99 Å². The van der Waals surface area contributed by atoms with Crippen molar-refractivity contribution >= 4 is 49.9 Å². The van der Waals surface area contributed by atoms with E-state index in [9.17, 15) is 13.5 Å². The van der Waals surface area contributed by atoms with Gasteiger partial charge < -0.3 is 14.8 Å². The number of aromatic nitrogens is 1. The van der Waals surface area contributed by atoms with Gasteiger partial charge in [0.2, 0.25) is 5.90 Å². The highest BCUT2D eigenvalue weighted by Gasteiger charge is 2.29. The second-order valence-electron chi connectivity index (χ2n) is 12.7. The van der Waals surface area contributed by atoms with Gasteiger partial charge in [-0.05, 0) is 80.5 Å². The van der Waals surface area contributed by atoms with Gasteiger partial charge in [-0.2, -0.15) is 3.89 Å². The number of ether oxygens (including phenoxy) is 2. The van der Waals surface area contributed by atoms with E-state index in [-0.39, 0.29) is 35.4 Å². The van der Waals surface area contributed by atoms with E-state index < -0.39 is 0 Å². The van der Waals surface area contributed by atoms with Crippen LogP contribution in [0.15, 0.2) is 39.7 Å². The predicted octanol–water partition coefficient (Wildman–Crippen LogP) is 7.89. The first-order valence-electron chi connectivity index (χ1n) is 15.6. The largest absolute Gasteiger partial charge is 0.481 e. The number of aryl methyl sites for hydroxylation is 1. The molecule has 1 N–H and O–H groups in total. The average molecular weight is 664 g/mol. The standard InChI is InChI=1S/C28H40N3O2P.C6H12O2.CH3FS/c1-8-9-21(16(2)3)26(27(32)17(4)5)22-11-10-19-14-29-23(28(34)25(19)18(22)6)12-20-13-24(33-7)31-15-30-20;1-5(7)8-6(2,3)4;1-3-2/h13-14,16-17,30H,8-12,15,34H2,1-7H3;1-4H3;1H3/b26-21+;;. The maximum Gasteiger partial charge on any atom is 0.303 e. The quantitative estimate of drug-likeness (QED) is 0.172. The zero-order chi connectivity index (χ0) is 34.5. The van der Waals surface area contributed by atoms with Gasteiger partial charge >= 0.3 is 5.97 Å². The van der Waals surface area contributed by atoms with E-state index in [1.54, 1.807) is 7.11 Å². The van der Waals surface area contributed by atoms with Gasteiger partial charge in [-0.1, -0.05) is 46.6 Å². The van der Waals surface area contributed by atoms with Gasteiger partial charge in [0.05, 0.1) is 12.8 Å². The van der Waals surface area contributed by atoms with Crippen molar-refractivity contribution in [2.45, 2.75) is 107 Å². The lowest BCUT2D eigenvalue weighted by Crippen LogP contribution is -2.26. The Morgan fingerprint density at radius 3 is 2.24 bits per heavy atom. The molecule has 1 atom stereocenters. The zero-order valence-electron chi connectivity index (χ0n) is 29.4. The molecule has 0 fully saturated rings. The first-order valence-corrected chi connectivity index (χ1v) is 17.3. The van der Waals surface area contributed by atoms with Crippen molar-refractivity contribution in [3.8, 4) is 0 Å². The third-order valence-corrected chi connectivity index (χ3v) is 7.84. The summed E-state index contributed by atoms with van der Waals surface area (Å²) in [5.74, 6) is 1.01. The van der Waals surface area contributed by atoms with Gasteiger partial charge in [0, 0.05) is 61.2 Å². The number of allylic oxidation sites excluding steroid dienone is 5. The number of rotatable bonds is 8.